The Balaban J connectivity index is 2.05. The molecule has 7 heteroatoms. The van der Waals surface area contributed by atoms with Crippen molar-refractivity contribution in [3.05, 3.63) is 0 Å². The van der Waals surface area contributed by atoms with Gasteiger partial charge in [-0.25, -0.2) is 8.42 Å². The lowest BCUT2D eigenvalue weighted by atomic mass is 10.0. The first-order chi connectivity index (χ1) is 7.81. The number of amides is 1. The van der Waals surface area contributed by atoms with Crippen molar-refractivity contribution in [1.82, 2.24) is 9.62 Å². The van der Waals surface area contributed by atoms with Gasteiger partial charge in [-0.1, -0.05) is 0 Å². The maximum Gasteiger partial charge on any atom is 0.253 e. The van der Waals surface area contributed by atoms with Crippen LogP contribution in [0.1, 0.15) is 19.8 Å². The predicted octanol–water partition coefficient (Wildman–Crippen LogP) is -0.684. The second-order valence-electron chi connectivity index (χ2n) is 4.92. The molecule has 98 valence electrons. The fourth-order valence-electron chi connectivity index (χ4n) is 1.82. The summed E-state index contributed by atoms with van der Waals surface area (Å²) in [4.78, 5) is 12.0. The van der Waals surface area contributed by atoms with Gasteiger partial charge in [-0.3, -0.25) is 4.79 Å². The number of morpholine rings is 1. The summed E-state index contributed by atoms with van der Waals surface area (Å²) in [5, 5.41) is 2.85. The molecule has 17 heavy (non-hydrogen) atoms. The van der Waals surface area contributed by atoms with E-state index >= 15 is 0 Å². The van der Waals surface area contributed by atoms with E-state index < -0.39 is 15.6 Å². The van der Waals surface area contributed by atoms with Crippen molar-refractivity contribution in [3.63, 3.8) is 0 Å². The predicted molar refractivity (Wildman–Crippen MR) is 61.9 cm³/mol. The van der Waals surface area contributed by atoms with Gasteiger partial charge in [0.2, 0.25) is 10.0 Å². The summed E-state index contributed by atoms with van der Waals surface area (Å²) in [7, 11) is -3.27. The molecule has 1 aliphatic heterocycles. The maximum absolute atomic E-state index is 12.0. The molecule has 1 atom stereocenters. The number of nitrogens with zero attached hydrogens (tertiary/aromatic N) is 1. The zero-order valence-corrected chi connectivity index (χ0v) is 10.9. The van der Waals surface area contributed by atoms with Crippen LogP contribution in [0, 0.1) is 0 Å². The second kappa shape index (κ2) is 4.22. The van der Waals surface area contributed by atoms with Gasteiger partial charge in [0.05, 0.1) is 19.4 Å². The Bertz CT molecular complexity index is 418. The van der Waals surface area contributed by atoms with Crippen LogP contribution in [0.5, 0.6) is 0 Å². The number of rotatable bonds is 3. The van der Waals surface area contributed by atoms with Gasteiger partial charge in [0.1, 0.15) is 0 Å². The van der Waals surface area contributed by atoms with E-state index in [1.807, 2.05) is 0 Å². The molecular weight excluding hydrogens is 244 g/mol. The van der Waals surface area contributed by atoms with Gasteiger partial charge < -0.3 is 10.1 Å². The minimum absolute atomic E-state index is 0.0877. The van der Waals surface area contributed by atoms with Gasteiger partial charge in [0.25, 0.3) is 5.91 Å². The van der Waals surface area contributed by atoms with Crippen LogP contribution in [-0.4, -0.2) is 56.2 Å². The van der Waals surface area contributed by atoms with Gasteiger partial charge in [-0.2, -0.15) is 4.31 Å². The van der Waals surface area contributed by atoms with E-state index in [0.29, 0.717) is 6.54 Å². The first-order valence-electron chi connectivity index (χ1n) is 5.71. The van der Waals surface area contributed by atoms with Gasteiger partial charge in [0, 0.05) is 12.6 Å². The molecule has 1 amide bonds. The molecule has 0 aromatic rings. The Kier molecular flexibility index (Phi) is 3.17. The lowest BCUT2D eigenvalue weighted by molar-refractivity contribution is -0.152. The van der Waals surface area contributed by atoms with Crippen LogP contribution < -0.4 is 5.32 Å². The monoisotopic (exact) mass is 262 g/mol. The summed E-state index contributed by atoms with van der Waals surface area (Å²) in [6, 6.07) is 0.247. The van der Waals surface area contributed by atoms with Crippen LogP contribution in [0.3, 0.4) is 0 Å². The Morgan fingerprint density at radius 1 is 1.47 bits per heavy atom. The van der Waals surface area contributed by atoms with E-state index in [1.165, 1.54) is 4.31 Å². The topological polar surface area (TPSA) is 75.7 Å². The molecule has 2 fully saturated rings. The molecule has 6 nitrogen and oxygen atoms in total. The molecule has 0 spiro atoms. The number of sulfonamides is 1. The number of hydrogen-bond acceptors (Lipinski definition) is 4. The highest BCUT2D eigenvalue weighted by molar-refractivity contribution is 7.88. The van der Waals surface area contributed by atoms with Crippen molar-refractivity contribution < 1.29 is 17.9 Å². The average molecular weight is 262 g/mol. The number of carbonyl (C=O) groups excluding carboxylic acids is 1. The number of hydrogen-bond donors (Lipinski definition) is 1. The van der Waals surface area contributed by atoms with Gasteiger partial charge >= 0.3 is 0 Å². The van der Waals surface area contributed by atoms with E-state index in [1.54, 1.807) is 6.92 Å². The van der Waals surface area contributed by atoms with E-state index in [0.717, 1.165) is 19.1 Å². The molecule has 1 saturated heterocycles. The smallest absolute Gasteiger partial charge is 0.253 e. The van der Waals surface area contributed by atoms with Crippen molar-refractivity contribution in [2.45, 2.75) is 31.4 Å². The standard InChI is InChI=1S/C10H18N2O4S/c1-10(9(13)11-8-3-4-8)7-12(5-6-16-10)17(2,14)15/h8H,3-7H2,1-2H3,(H,11,13)/t10-/m0/s1. The van der Waals surface area contributed by atoms with Crippen LogP contribution >= 0.6 is 0 Å². The fraction of sp³-hybridized carbons (Fsp3) is 0.900. The SMILES string of the molecule is C[C@@]1(C(=O)NC2CC2)CN(S(C)(=O)=O)CCO1. The third kappa shape index (κ3) is 2.97. The summed E-state index contributed by atoms with van der Waals surface area (Å²) in [5.74, 6) is -0.214. The van der Waals surface area contributed by atoms with Gasteiger partial charge in [-0.15, -0.1) is 0 Å². The molecule has 2 rings (SSSR count). The number of nitrogens with one attached hydrogen (secondary N) is 1. The summed E-state index contributed by atoms with van der Waals surface area (Å²) in [6.45, 7) is 2.29. The Hall–Kier alpha value is -0.660. The van der Waals surface area contributed by atoms with Crippen LogP contribution in [0.15, 0.2) is 0 Å². The van der Waals surface area contributed by atoms with Crippen LogP contribution in [0.25, 0.3) is 0 Å². The van der Waals surface area contributed by atoms with E-state index in [2.05, 4.69) is 5.32 Å². The molecule has 0 aromatic carbocycles. The largest absolute Gasteiger partial charge is 0.363 e. The normalized spacial score (nSPS) is 31.2. The summed E-state index contributed by atoms with van der Waals surface area (Å²) in [6.07, 6.45) is 3.15. The summed E-state index contributed by atoms with van der Waals surface area (Å²) in [5.41, 5.74) is -1.07. The molecule has 1 N–H and O–H groups in total. The maximum atomic E-state index is 12.0. The molecular formula is C10H18N2O4S. The van der Waals surface area contributed by atoms with E-state index in [9.17, 15) is 13.2 Å². The molecule has 2 aliphatic rings. The van der Waals surface area contributed by atoms with Crippen molar-refractivity contribution in [1.29, 1.82) is 0 Å². The molecule has 0 unspecified atom stereocenters. The van der Waals surface area contributed by atoms with Crippen molar-refractivity contribution >= 4 is 15.9 Å². The molecule has 1 aliphatic carbocycles. The third-order valence-corrected chi connectivity index (χ3v) is 4.35. The third-order valence-electron chi connectivity index (χ3n) is 3.10. The minimum Gasteiger partial charge on any atom is -0.363 e. The zero-order chi connectivity index (χ0) is 12.7. The Morgan fingerprint density at radius 2 is 2.12 bits per heavy atom. The molecule has 0 radical (unpaired) electrons. The second-order valence-corrected chi connectivity index (χ2v) is 6.91. The summed E-state index contributed by atoms with van der Waals surface area (Å²) < 4.78 is 29.7. The highest BCUT2D eigenvalue weighted by Gasteiger charge is 2.43. The van der Waals surface area contributed by atoms with Gasteiger partial charge in [-0.05, 0) is 19.8 Å². The lowest BCUT2D eigenvalue weighted by Crippen LogP contribution is -2.59. The van der Waals surface area contributed by atoms with E-state index in [4.69, 9.17) is 4.74 Å². The average Bonchev–Trinajstić information content (AvgIpc) is 3.00. The highest BCUT2D eigenvalue weighted by Crippen LogP contribution is 2.24. The Morgan fingerprint density at radius 3 is 2.65 bits per heavy atom. The molecule has 1 saturated carbocycles. The number of ether oxygens (including phenoxy) is 1. The van der Waals surface area contributed by atoms with Crippen molar-refractivity contribution in [2.24, 2.45) is 0 Å². The summed E-state index contributed by atoms with van der Waals surface area (Å²) >= 11 is 0. The fourth-order valence-corrected chi connectivity index (χ4v) is 2.71. The van der Waals surface area contributed by atoms with Crippen molar-refractivity contribution in [2.75, 3.05) is 26.0 Å². The highest BCUT2D eigenvalue weighted by atomic mass is 32.2. The lowest BCUT2D eigenvalue weighted by Gasteiger charge is -2.37. The Labute approximate surface area is 101 Å². The molecule has 0 bridgehead atoms. The van der Waals surface area contributed by atoms with Crippen LogP contribution in [0.4, 0.5) is 0 Å². The zero-order valence-electron chi connectivity index (χ0n) is 10.1. The number of carbonyl (C=O) groups is 1. The van der Waals surface area contributed by atoms with Crippen molar-refractivity contribution in [3.8, 4) is 0 Å². The molecule has 1 heterocycles. The molecule has 0 aromatic heterocycles. The first kappa shape index (κ1) is 12.8. The minimum atomic E-state index is -3.27. The van der Waals surface area contributed by atoms with E-state index in [-0.39, 0.29) is 25.1 Å². The van der Waals surface area contributed by atoms with Gasteiger partial charge in [0.15, 0.2) is 5.60 Å². The van der Waals surface area contributed by atoms with Crippen LogP contribution in [-0.2, 0) is 19.6 Å². The first-order valence-corrected chi connectivity index (χ1v) is 7.56. The quantitative estimate of drug-likeness (QED) is 0.731. The van der Waals surface area contributed by atoms with Crippen LogP contribution in [0.2, 0.25) is 0 Å².